The van der Waals surface area contributed by atoms with E-state index < -0.39 is 7.82 Å². The number of phosphoric acid groups is 1. The lowest BCUT2D eigenvalue weighted by Gasteiger charge is -2.15. The standard InChI is InChI=1S/C12H19O7P/c1-9(2)19-12-8-10(4-5-11(12)16-3)17-6-7-18-20(13,14)15/h4-5,8-9H,6-7H2,1-3H3,(H2,13,14,15). The van der Waals surface area contributed by atoms with Gasteiger partial charge >= 0.3 is 7.82 Å². The smallest absolute Gasteiger partial charge is 0.469 e. The van der Waals surface area contributed by atoms with Gasteiger partial charge in [-0.2, -0.15) is 0 Å². The van der Waals surface area contributed by atoms with Crippen LogP contribution in [-0.4, -0.2) is 36.2 Å². The van der Waals surface area contributed by atoms with Crippen molar-refractivity contribution < 1.29 is 33.1 Å². The summed E-state index contributed by atoms with van der Waals surface area (Å²) in [6.45, 7) is 3.58. The van der Waals surface area contributed by atoms with E-state index in [1.807, 2.05) is 13.8 Å². The predicted molar refractivity (Wildman–Crippen MR) is 72.2 cm³/mol. The van der Waals surface area contributed by atoms with Gasteiger partial charge in [0.2, 0.25) is 0 Å². The van der Waals surface area contributed by atoms with E-state index >= 15 is 0 Å². The molecule has 0 heterocycles. The van der Waals surface area contributed by atoms with E-state index in [2.05, 4.69) is 4.52 Å². The summed E-state index contributed by atoms with van der Waals surface area (Å²) in [7, 11) is -2.91. The van der Waals surface area contributed by atoms with E-state index in [0.29, 0.717) is 17.2 Å². The Morgan fingerprint density at radius 1 is 1.20 bits per heavy atom. The molecule has 0 fully saturated rings. The van der Waals surface area contributed by atoms with Crippen molar-refractivity contribution in [1.82, 2.24) is 0 Å². The van der Waals surface area contributed by atoms with Crippen LogP contribution < -0.4 is 14.2 Å². The number of ether oxygens (including phenoxy) is 3. The van der Waals surface area contributed by atoms with Gasteiger partial charge in [-0.1, -0.05) is 0 Å². The van der Waals surface area contributed by atoms with Gasteiger partial charge in [0.15, 0.2) is 11.5 Å². The number of methoxy groups -OCH3 is 1. The quantitative estimate of drug-likeness (QED) is 0.560. The third-order valence-corrected chi connectivity index (χ3v) is 2.63. The van der Waals surface area contributed by atoms with Gasteiger partial charge in [0.05, 0.1) is 19.8 Å². The summed E-state index contributed by atoms with van der Waals surface area (Å²) < 4.78 is 30.8. The fourth-order valence-corrected chi connectivity index (χ4v) is 1.72. The molecule has 0 saturated carbocycles. The molecule has 1 rings (SSSR count). The van der Waals surface area contributed by atoms with Crippen LogP contribution >= 0.6 is 7.82 Å². The van der Waals surface area contributed by atoms with Crippen LogP contribution in [0.25, 0.3) is 0 Å². The largest absolute Gasteiger partial charge is 0.493 e. The highest BCUT2D eigenvalue weighted by molar-refractivity contribution is 7.46. The summed E-state index contributed by atoms with van der Waals surface area (Å²) in [5, 5.41) is 0. The van der Waals surface area contributed by atoms with Crippen molar-refractivity contribution in [3.8, 4) is 17.2 Å². The third kappa shape index (κ3) is 6.25. The number of hydrogen-bond acceptors (Lipinski definition) is 5. The summed E-state index contributed by atoms with van der Waals surface area (Å²) in [5.41, 5.74) is 0. The minimum Gasteiger partial charge on any atom is -0.493 e. The second kappa shape index (κ2) is 7.50. The summed E-state index contributed by atoms with van der Waals surface area (Å²) in [4.78, 5) is 17.0. The lowest BCUT2D eigenvalue weighted by molar-refractivity contribution is 0.160. The monoisotopic (exact) mass is 306 g/mol. The molecule has 0 aliphatic carbocycles. The highest BCUT2D eigenvalue weighted by Gasteiger charge is 2.13. The zero-order valence-electron chi connectivity index (χ0n) is 11.6. The zero-order valence-corrected chi connectivity index (χ0v) is 12.5. The van der Waals surface area contributed by atoms with Crippen molar-refractivity contribution >= 4 is 7.82 Å². The Morgan fingerprint density at radius 2 is 1.90 bits per heavy atom. The molecule has 0 saturated heterocycles. The normalized spacial score (nSPS) is 11.5. The van der Waals surface area contributed by atoms with Crippen LogP contribution in [-0.2, 0) is 9.09 Å². The van der Waals surface area contributed by atoms with Gasteiger partial charge in [-0.05, 0) is 26.0 Å². The first-order valence-corrected chi connectivity index (χ1v) is 7.52. The Kier molecular flexibility index (Phi) is 6.29. The van der Waals surface area contributed by atoms with Crippen molar-refractivity contribution in [3.05, 3.63) is 18.2 Å². The predicted octanol–water partition coefficient (Wildman–Crippen LogP) is 1.97. The molecular weight excluding hydrogens is 287 g/mol. The maximum atomic E-state index is 10.5. The van der Waals surface area contributed by atoms with E-state index in [4.69, 9.17) is 24.0 Å². The molecule has 0 aliphatic heterocycles. The van der Waals surface area contributed by atoms with Crippen LogP contribution in [0.1, 0.15) is 13.8 Å². The zero-order chi connectivity index (χ0) is 15.2. The maximum absolute atomic E-state index is 10.5. The van der Waals surface area contributed by atoms with Gasteiger partial charge in [0, 0.05) is 6.07 Å². The Bertz CT molecular complexity index is 469. The van der Waals surface area contributed by atoms with Gasteiger partial charge < -0.3 is 24.0 Å². The van der Waals surface area contributed by atoms with Gasteiger partial charge in [0.25, 0.3) is 0 Å². The van der Waals surface area contributed by atoms with Gasteiger partial charge in [0.1, 0.15) is 12.4 Å². The molecule has 8 heteroatoms. The molecule has 1 aromatic carbocycles. The number of phosphoric ester groups is 1. The van der Waals surface area contributed by atoms with Gasteiger partial charge in [-0.15, -0.1) is 0 Å². The highest BCUT2D eigenvalue weighted by Crippen LogP contribution is 2.35. The van der Waals surface area contributed by atoms with E-state index in [1.54, 1.807) is 18.2 Å². The molecule has 0 radical (unpaired) electrons. The molecule has 0 aliphatic rings. The molecular formula is C12H19O7P. The van der Waals surface area contributed by atoms with Crippen LogP contribution in [0.2, 0.25) is 0 Å². The molecule has 0 amide bonds. The Labute approximate surface area is 117 Å². The van der Waals surface area contributed by atoms with Crippen LogP contribution in [0.4, 0.5) is 0 Å². The molecule has 114 valence electrons. The van der Waals surface area contributed by atoms with Crippen molar-refractivity contribution in [3.63, 3.8) is 0 Å². The lowest BCUT2D eigenvalue weighted by atomic mass is 10.3. The van der Waals surface area contributed by atoms with E-state index in [9.17, 15) is 4.57 Å². The second-order valence-electron chi connectivity index (χ2n) is 4.15. The minimum absolute atomic E-state index is 0.0125. The first-order valence-electron chi connectivity index (χ1n) is 5.99. The molecule has 20 heavy (non-hydrogen) atoms. The lowest BCUT2D eigenvalue weighted by Crippen LogP contribution is -2.08. The Hall–Kier alpha value is -1.27. The summed E-state index contributed by atoms with van der Waals surface area (Å²) in [5.74, 6) is 1.61. The summed E-state index contributed by atoms with van der Waals surface area (Å²) in [6, 6.07) is 5.01. The maximum Gasteiger partial charge on any atom is 0.469 e. The average molecular weight is 306 g/mol. The topological polar surface area (TPSA) is 94.5 Å². The molecule has 0 unspecified atom stereocenters. The van der Waals surface area contributed by atoms with Crippen molar-refractivity contribution in [1.29, 1.82) is 0 Å². The minimum atomic E-state index is -4.45. The molecule has 0 spiro atoms. The van der Waals surface area contributed by atoms with Gasteiger partial charge in [-0.25, -0.2) is 4.57 Å². The third-order valence-electron chi connectivity index (χ3n) is 2.11. The highest BCUT2D eigenvalue weighted by atomic mass is 31.2. The molecule has 0 bridgehead atoms. The van der Waals surface area contributed by atoms with E-state index in [1.165, 1.54) is 7.11 Å². The van der Waals surface area contributed by atoms with Crippen molar-refractivity contribution in [2.24, 2.45) is 0 Å². The molecule has 0 aromatic heterocycles. The van der Waals surface area contributed by atoms with Crippen molar-refractivity contribution in [2.75, 3.05) is 20.3 Å². The van der Waals surface area contributed by atoms with Crippen LogP contribution in [0.3, 0.4) is 0 Å². The fraction of sp³-hybridized carbons (Fsp3) is 0.500. The Morgan fingerprint density at radius 3 is 2.45 bits per heavy atom. The first kappa shape index (κ1) is 16.8. The summed E-state index contributed by atoms with van der Waals surface area (Å²) >= 11 is 0. The van der Waals surface area contributed by atoms with Crippen molar-refractivity contribution in [2.45, 2.75) is 20.0 Å². The average Bonchev–Trinajstić information content (AvgIpc) is 2.33. The Balaban J connectivity index is 2.60. The number of benzene rings is 1. The van der Waals surface area contributed by atoms with E-state index in [-0.39, 0.29) is 19.3 Å². The number of rotatable bonds is 8. The number of hydrogen-bond donors (Lipinski definition) is 2. The molecule has 0 atom stereocenters. The molecule has 1 aromatic rings. The first-order chi connectivity index (χ1) is 9.31. The van der Waals surface area contributed by atoms with Crippen LogP contribution in [0.15, 0.2) is 18.2 Å². The molecule has 7 nitrogen and oxygen atoms in total. The summed E-state index contributed by atoms with van der Waals surface area (Å²) in [6.07, 6.45) is -0.0165. The second-order valence-corrected chi connectivity index (χ2v) is 5.39. The van der Waals surface area contributed by atoms with Crippen LogP contribution in [0.5, 0.6) is 17.2 Å². The van der Waals surface area contributed by atoms with Gasteiger partial charge in [-0.3, -0.25) is 4.52 Å². The molecule has 2 N–H and O–H groups in total. The SMILES string of the molecule is COc1ccc(OCCOP(=O)(O)O)cc1OC(C)C. The van der Waals surface area contributed by atoms with E-state index in [0.717, 1.165) is 0 Å². The van der Waals surface area contributed by atoms with Crippen LogP contribution in [0, 0.1) is 0 Å². The fourth-order valence-electron chi connectivity index (χ4n) is 1.41.